The van der Waals surface area contributed by atoms with Crippen LogP contribution in [0.4, 0.5) is 11.6 Å². The SMILES string of the molecule is CC1=C(C(=O)Nc2cccnc2)C(c2ccccc2)[n+]2[nH]c(CCCO)nc2N1. The number of hydrogen-bond acceptors (Lipinski definition) is 5. The van der Waals surface area contributed by atoms with Gasteiger partial charge in [-0.05, 0) is 31.0 Å². The van der Waals surface area contributed by atoms with E-state index in [1.165, 1.54) is 0 Å². The topological polar surface area (TPSA) is 107 Å². The van der Waals surface area contributed by atoms with Crippen molar-refractivity contribution in [2.24, 2.45) is 0 Å². The van der Waals surface area contributed by atoms with Crippen molar-refractivity contribution in [3.05, 3.63) is 77.5 Å². The molecule has 4 N–H and O–H groups in total. The van der Waals surface area contributed by atoms with Gasteiger partial charge in [0.1, 0.15) is 0 Å². The Morgan fingerprint density at radius 2 is 2.07 bits per heavy atom. The van der Waals surface area contributed by atoms with Gasteiger partial charge in [-0.3, -0.25) is 9.78 Å². The van der Waals surface area contributed by atoms with E-state index in [4.69, 9.17) is 5.11 Å². The summed E-state index contributed by atoms with van der Waals surface area (Å²) < 4.78 is 1.87. The number of amides is 1. The zero-order chi connectivity index (χ0) is 20.2. The highest BCUT2D eigenvalue weighted by Crippen LogP contribution is 2.30. The molecule has 1 amide bonds. The number of allylic oxidation sites excluding steroid dienone is 1. The van der Waals surface area contributed by atoms with E-state index in [0.717, 1.165) is 17.1 Å². The molecule has 8 heteroatoms. The van der Waals surface area contributed by atoms with E-state index in [0.29, 0.717) is 30.1 Å². The van der Waals surface area contributed by atoms with E-state index in [1.807, 2.05) is 41.9 Å². The van der Waals surface area contributed by atoms with Crippen LogP contribution < -0.4 is 15.3 Å². The fourth-order valence-corrected chi connectivity index (χ4v) is 3.48. The van der Waals surface area contributed by atoms with Gasteiger partial charge in [-0.1, -0.05) is 35.3 Å². The summed E-state index contributed by atoms with van der Waals surface area (Å²) >= 11 is 0. The predicted octanol–water partition coefficient (Wildman–Crippen LogP) is 1.94. The maximum absolute atomic E-state index is 13.2. The average Bonchev–Trinajstić information content (AvgIpc) is 3.14. The first-order valence-corrected chi connectivity index (χ1v) is 9.52. The number of benzene rings is 1. The summed E-state index contributed by atoms with van der Waals surface area (Å²) in [5, 5.41) is 18.6. The zero-order valence-electron chi connectivity index (χ0n) is 16.1. The zero-order valence-corrected chi connectivity index (χ0v) is 16.1. The summed E-state index contributed by atoms with van der Waals surface area (Å²) in [6.45, 7) is 1.97. The normalized spacial score (nSPS) is 15.6. The van der Waals surface area contributed by atoms with E-state index < -0.39 is 0 Å². The van der Waals surface area contributed by atoms with Crippen molar-refractivity contribution in [1.82, 2.24) is 15.1 Å². The van der Waals surface area contributed by atoms with E-state index >= 15 is 0 Å². The van der Waals surface area contributed by atoms with Gasteiger partial charge in [0.25, 0.3) is 5.91 Å². The van der Waals surface area contributed by atoms with E-state index in [9.17, 15) is 4.79 Å². The molecule has 0 spiro atoms. The Hall–Kier alpha value is -3.52. The molecule has 1 aliphatic heterocycles. The van der Waals surface area contributed by atoms with Crippen LogP contribution in [0.15, 0.2) is 66.1 Å². The second-order valence-electron chi connectivity index (χ2n) is 6.86. The molecule has 0 bridgehead atoms. The van der Waals surface area contributed by atoms with Crippen LogP contribution in [0.1, 0.15) is 30.8 Å². The first kappa shape index (κ1) is 18.8. The smallest absolute Gasteiger partial charge is 0.396 e. The number of aromatic amines is 1. The molecule has 148 valence electrons. The van der Waals surface area contributed by atoms with E-state index in [-0.39, 0.29) is 18.6 Å². The van der Waals surface area contributed by atoms with Crippen molar-refractivity contribution in [3.63, 3.8) is 0 Å². The van der Waals surface area contributed by atoms with Crippen LogP contribution in [-0.4, -0.2) is 32.7 Å². The lowest BCUT2D eigenvalue weighted by Crippen LogP contribution is -2.50. The summed E-state index contributed by atoms with van der Waals surface area (Å²) in [5.74, 6) is 1.19. The van der Waals surface area contributed by atoms with Crippen molar-refractivity contribution < 1.29 is 14.6 Å². The molecule has 4 rings (SSSR count). The van der Waals surface area contributed by atoms with Crippen molar-refractivity contribution in [2.75, 3.05) is 17.2 Å². The Bertz CT molecular complexity index is 1030. The maximum atomic E-state index is 13.2. The molecule has 0 saturated carbocycles. The lowest BCUT2D eigenvalue weighted by molar-refractivity contribution is -0.747. The molecule has 1 atom stereocenters. The molecule has 1 unspecified atom stereocenters. The Kier molecular flexibility index (Phi) is 5.35. The van der Waals surface area contributed by atoms with Gasteiger partial charge in [0.2, 0.25) is 5.82 Å². The molecule has 2 aromatic heterocycles. The number of carbonyl (C=O) groups excluding carboxylic acids is 1. The third kappa shape index (κ3) is 3.88. The molecule has 0 aliphatic carbocycles. The number of aryl methyl sites for hydroxylation is 1. The molecule has 3 aromatic rings. The number of rotatable bonds is 6. The number of pyridine rings is 1. The van der Waals surface area contributed by atoms with Gasteiger partial charge in [-0.25, -0.2) is 10.4 Å². The number of aliphatic hydroxyl groups is 1. The summed E-state index contributed by atoms with van der Waals surface area (Å²) in [6, 6.07) is 13.0. The van der Waals surface area contributed by atoms with Crippen molar-refractivity contribution in [2.45, 2.75) is 25.8 Å². The summed E-state index contributed by atoms with van der Waals surface area (Å²) in [7, 11) is 0. The number of nitrogens with zero attached hydrogens (tertiary/aromatic N) is 3. The molecule has 0 radical (unpaired) electrons. The third-order valence-corrected chi connectivity index (χ3v) is 4.80. The minimum absolute atomic E-state index is 0.0988. The van der Waals surface area contributed by atoms with Gasteiger partial charge >= 0.3 is 5.95 Å². The second-order valence-corrected chi connectivity index (χ2v) is 6.86. The Morgan fingerprint density at radius 3 is 2.79 bits per heavy atom. The number of anilines is 2. The monoisotopic (exact) mass is 391 g/mol. The van der Waals surface area contributed by atoms with Gasteiger partial charge < -0.3 is 10.4 Å². The van der Waals surface area contributed by atoms with Gasteiger partial charge in [0, 0.05) is 19.2 Å². The lowest BCUT2D eigenvalue weighted by atomic mass is 9.95. The number of fused-ring (bicyclic) bond motifs is 1. The molecular formula is C21H23N6O2+. The molecule has 0 saturated heterocycles. The van der Waals surface area contributed by atoms with E-state index in [1.54, 1.807) is 24.5 Å². The van der Waals surface area contributed by atoms with Gasteiger partial charge in [0.05, 0.1) is 23.2 Å². The quantitative estimate of drug-likeness (QED) is 0.481. The molecule has 1 aliphatic rings. The van der Waals surface area contributed by atoms with Crippen LogP contribution in [0.2, 0.25) is 0 Å². The Morgan fingerprint density at radius 1 is 1.24 bits per heavy atom. The fourth-order valence-electron chi connectivity index (χ4n) is 3.48. The molecule has 3 heterocycles. The molecule has 0 fully saturated rings. The maximum Gasteiger partial charge on any atom is 0.416 e. The van der Waals surface area contributed by atoms with Gasteiger partial charge in [0.15, 0.2) is 6.04 Å². The average molecular weight is 391 g/mol. The highest BCUT2D eigenvalue weighted by atomic mass is 16.3. The van der Waals surface area contributed by atoms with Gasteiger partial charge in [-0.2, -0.15) is 0 Å². The molecule has 29 heavy (non-hydrogen) atoms. The number of nitrogens with one attached hydrogen (secondary N) is 3. The number of carbonyl (C=O) groups is 1. The summed E-state index contributed by atoms with van der Waals surface area (Å²) in [6.07, 6.45) is 4.51. The third-order valence-electron chi connectivity index (χ3n) is 4.80. The van der Waals surface area contributed by atoms with E-state index in [2.05, 4.69) is 25.7 Å². The van der Waals surface area contributed by atoms with Crippen LogP contribution >= 0.6 is 0 Å². The Balaban J connectivity index is 1.74. The molecular weight excluding hydrogens is 368 g/mol. The highest BCUT2D eigenvalue weighted by Gasteiger charge is 2.39. The Labute approximate surface area is 168 Å². The van der Waals surface area contributed by atoms with Crippen LogP contribution in [-0.2, 0) is 11.2 Å². The number of H-pyrrole nitrogens is 1. The summed E-state index contributed by atoms with van der Waals surface area (Å²) in [4.78, 5) is 21.9. The van der Waals surface area contributed by atoms with Crippen LogP contribution in [0.3, 0.4) is 0 Å². The number of aromatic nitrogens is 4. The van der Waals surface area contributed by atoms with Crippen molar-refractivity contribution in [3.8, 4) is 0 Å². The fraction of sp³-hybridized carbons (Fsp3) is 0.238. The van der Waals surface area contributed by atoms with Crippen LogP contribution in [0.25, 0.3) is 0 Å². The largest absolute Gasteiger partial charge is 0.416 e. The number of aliphatic hydroxyl groups excluding tert-OH is 1. The van der Waals surface area contributed by atoms with Crippen LogP contribution in [0.5, 0.6) is 0 Å². The standard InChI is InChI=1S/C21H22N6O2/c1-14-18(20(29)24-16-9-5-11-22-13-16)19(15-7-3-2-4-8-15)27-21(23-14)25-17(26-27)10-6-12-28/h2-5,7-9,11,13,19,28H,6,10,12H2,1H3,(H2,23,24,25,26,29)/p+1. The predicted molar refractivity (Wildman–Crippen MR) is 108 cm³/mol. The first-order chi connectivity index (χ1) is 14.2. The number of hydrogen-bond donors (Lipinski definition) is 4. The van der Waals surface area contributed by atoms with Crippen molar-refractivity contribution >= 4 is 17.5 Å². The lowest BCUT2D eigenvalue weighted by Gasteiger charge is -2.24. The molecule has 8 nitrogen and oxygen atoms in total. The van der Waals surface area contributed by atoms with Gasteiger partial charge in [-0.15, -0.1) is 4.68 Å². The molecule has 1 aromatic carbocycles. The second kappa shape index (κ2) is 8.24. The van der Waals surface area contributed by atoms with Crippen molar-refractivity contribution in [1.29, 1.82) is 0 Å². The minimum Gasteiger partial charge on any atom is -0.396 e. The highest BCUT2D eigenvalue weighted by molar-refractivity contribution is 6.05. The van der Waals surface area contributed by atoms with Crippen LogP contribution in [0, 0.1) is 0 Å². The first-order valence-electron chi connectivity index (χ1n) is 9.52. The minimum atomic E-state index is -0.362. The summed E-state index contributed by atoms with van der Waals surface area (Å²) in [5.41, 5.74) is 2.93.